The molecule has 0 bridgehead atoms. The Bertz CT molecular complexity index is 767. The molecule has 0 spiro atoms. The van der Waals surface area contributed by atoms with Gasteiger partial charge < -0.3 is 29.6 Å². The van der Waals surface area contributed by atoms with Gasteiger partial charge in [-0.05, 0) is 76.3 Å². The fourth-order valence-corrected chi connectivity index (χ4v) is 8.06. The van der Waals surface area contributed by atoms with Crippen LogP contribution < -0.4 is 5.73 Å². The largest absolute Gasteiger partial charge is 0.466 e. The van der Waals surface area contributed by atoms with Gasteiger partial charge in [0.2, 0.25) is 0 Å². The summed E-state index contributed by atoms with van der Waals surface area (Å²) in [5, 5.41) is 0. The summed E-state index contributed by atoms with van der Waals surface area (Å²) >= 11 is 0. The minimum atomic E-state index is -0.0158. The van der Waals surface area contributed by atoms with Gasteiger partial charge in [-0.15, -0.1) is 0 Å². The smallest absolute Gasteiger partial charge is 0.305 e. The van der Waals surface area contributed by atoms with Crippen LogP contribution in [0.3, 0.4) is 0 Å². The van der Waals surface area contributed by atoms with E-state index in [4.69, 9.17) is 24.7 Å². The molecule has 8 heteroatoms. The average Bonchev–Trinajstić information content (AvgIpc) is 3.22. The lowest BCUT2D eigenvalue weighted by molar-refractivity contribution is -0.144. The number of nitrogens with zero attached hydrogens (tertiary/aromatic N) is 1. The fraction of sp³-hybridized carbons (Fsp3) is 0.960. The van der Waals surface area contributed by atoms with Gasteiger partial charge in [-0.1, -0.05) is 169 Å². The van der Waals surface area contributed by atoms with Crippen LogP contribution in [-0.2, 0) is 28.5 Å². The Morgan fingerprint density at radius 1 is 0.397 bits per heavy atom. The lowest BCUT2D eigenvalue weighted by atomic mass is 9.91. The van der Waals surface area contributed by atoms with E-state index in [9.17, 15) is 9.59 Å². The number of ether oxygens (including phenoxy) is 4. The molecule has 0 aliphatic carbocycles. The van der Waals surface area contributed by atoms with Crippen molar-refractivity contribution in [1.82, 2.24) is 4.90 Å². The number of nitrogens with two attached hydrogens (primary N) is 1. The average molecular weight is 825 g/mol. The second-order valence-corrected chi connectivity index (χ2v) is 17.3. The Morgan fingerprint density at radius 3 is 1.16 bits per heavy atom. The quantitative estimate of drug-likeness (QED) is 0.0478. The summed E-state index contributed by atoms with van der Waals surface area (Å²) in [4.78, 5) is 27.3. The topological polar surface area (TPSA) is 100 Å². The van der Waals surface area contributed by atoms with Crippen molar-refractivity contribution >= 4 is 11.9 Å². The van der Waals surface area contributed by atoms with Crippen LogP contribution in [0.15, 0.2) is 0 Å². The number of carbonyl (C=O) groups excluding carboxylic acids is 2. The minimum absolute atomic E-state index is 0.0158. The fourth-order valence-electron chi connectivity index (χ4n) is 8.06. The third-order valence-corrected chi connectivity index (χ3v) is 11.8. The Balaban J connectivity index is 4.22. The molecule has 0 aliphatic heterocycles. The molecule has 58 heavy (non-hydrogen) atoms. The number of esters is 2. The summed E-state index contributed by atoms with van der Waals surface area (Å²) in [6.45, 7) is 16.4. The summed E-state index contributed by atoms with van der Waals surface area (Å²) in [7, 11) is 0. The van der Waals surface area contributed by atoms with Crippen molar-refractivity contribution < 1.29 is 28.5 Å². The van der Waals surface area contributed by atoms with Gasteiger partial charge in [0.05, 0.1) is 39.6 Å². The van der Waals surface area contributed by atoms with Crippen molar-refractivity contribution in [2.75, 3.05) is 65.8 Å². The van der Waals surface area contributed by atoms with Crippen molar-refractivity contribution in [1.29, 1.82) is 0 Å². The minimum Gasteiger partial charge on any atom is -0.466 e. The van der Waals surface area contributed by atoms with E-state index >= 15 is 0 Å². The third kappa shape index (κ3) is 41.5. The molecule has 8 nitrogen and oxygen atoms in total. The van der Waals surface area contributed by atoms with Crippen LogP contribution in [0, 0.1) is 11.8 Å². The van der Waals surface area contributed by atoms with E-state index < -0.39 is 0 Å². The van der Waals surface area contributed by atoms with E-state index in [1.54, 1.807) is 0 Å². The molecule has 0 radical (unpaired) electrons. The number of hydrogen-bond donors (Lipinski definition) is 1. The molecular weight excluding hydrogens is 725 g/mol. The molecule has 0 atom stereocenters. The zero-order chi connectivity index (χ0) is 42.4. The SMILES string of the molecule is CCCCCC(CCCCC)CCCOC(=O)CCCCCCCN(CCCCCCCC(=O)OCCCC(CCCCC)CCCCC)CCOCCOCCN. The maximum atomic E-state index is 12.4. The number of hydrogen-bond acceptors (Lipinski definition) is 8. The van der Waals surface area contributed by atoms with Crippen LogP contribution in [0.25, 0.3) is 0 Å². The van der Waals surface area contributed by atoms with Crippen LogP contribution in [0.2, 0.25) is 0 Å². The lowest BCUT2D eigenvalue weighted by Crippen LogP contribution is -2.30. The van der Waals surface area contributed by atoms with E-state index in [0.29, 0.717) is 59.0 Å². The van der Waals surface area contributed by atoms with E-state index in [2.05, 4.69) is 32.6 Å². The van der Waals surface area contributed by atoms with Gasteiger partial charge in [0.15, 0.2) is 0 Å². The molecule has 0 fully saturated rings. The first-order valence-electron chi connectivity index (χ1n) is 25.4. The van der Waals surface area contributed by atoms with Crippen LogP contribution in [-0.4, -0.2) is 82.7 Å². The summed E-state index contributed by atoms with van der Waals surface area (Å²) < 4.78 is 22.5. The molecular formula is C50H100N2O6. The molecule has 0 amide bonds. The van der Waals surface area contributed by atoms with Gasteiger partial charge in [-0.3, -0.25) is 9.59 Å². The monoisotopic (exact) mass is 825 g/mol. The molecule has 346 valence electrons. The van der Waals surface area contributed by atoms with Gasteiger partial charge >= 0.3 is 11.9 Å². The normalized spacial score (nSPS) is 11.7. The molecule has 2 N–H and O–H groups in total. The molecule has 0 saturated carbocycles. The predicted molar refractivity (Wildman–Crippen MR) is 246 cm³/mol. The third-order valence-electron chi connectivity index (χ3n) is 11.8. The van der Waals surface area contributed by atoms with Gasteiger partial charge in [0.25, 0.3) is 0 Å². The highest BCUT2D eigenvalue weighted by Crippen LogP contribution is 2.24. The second kappa shape index (κ2) is 46.8. The van der Waals surface area contributed by atoms with Gasteiger partial charge in [-0.2, -0.15) is 0 Å². The maximum absolute atomic E-state index is 12.4. The highest BCUT2D eigenvalue weighted by atomic mass is 16.5. The number of carbonyl (C=O) groups is 2. The molecule has 0 aromatic carbocycles. The molecule has 0 aliphatic rings. The lowest BCUT2D eigenvalue weighted by Gasteiger charge is -2.22. The molecule has 0 saturated heterocycles. The zero-order valence-corrected chi connectivity index (χ0v) is 39.3. The van der Waals surface area contributed by atoms with E-state index in [1.807, 2.05) is 0 Å². The molecule has 0 aromatic heterocycles. The zero-order valence-electron chi connectivity index (χ0n) is 39.3. The van der Waals surface area contributed by atoms with Crippen molar-refractivity contribution in [2.45, 2.75) is 233 Å². The van der Waals surface area contributed by atoms with Crippen LogP contribution in [0.5, 0.6) is 0 Å². The molecule has 0 rings (SSSR count). The standard InChI is InChI=1S/C50H100N2O6/c1-5-9-19-29-47(30-20-10-6-2)33-27-41-57-49(53)35-23-15-13-17-25-38-52(40-44-56-46-45-55-43-37-51)39-26-18-14-16-24-36-50(54)58-42-28-34-48(31-21-11-7-3)32-22-12-8-4/h47-48H,5-46,51H2,1-4H3. The Morgan fingerprint density at radius 2 is 0.759 bits per heavy atom. The van der Waals surface area contributed by atoms with E-state index in [0.717, 1.165) is 82.8 Å². The Hall–Kier alpha value is -1.22. The Kier molecular flexibility index (Phi) is 45.9. The van der Waals surface area contributed by atoms with Gasteiger partial charge in [0, 0.05) is 25.9 Å². The maximum Gasteiger partial charge on any atom is 0.305 e. The van der Waals surface area contributed by atoms with Crippen molar-refractivity contribution in [3.63, 3.8) is 0 Å². The first-order chi connectivity index (χ1) is 28.5. The summed E-state index contributed by atoms with van der Waals surface area (Å²) in [5.74, 6) is 1.57. The Labute approximate surface area is 360 Å². The van der Waals surface area contributed by atoms with Crippen molar-refractivity contribution in [2.24, 2.45) is 17.6 Å². The van der Waals surface area contributed by atoms with Crippen molar-refractivity contribution in [3.8, 4) is 0 Å². The van der Waals surface area contributed by atoms with Crippen molar-refractivity contribution in [3.05, 3.63) is 0 Å². The highest BCUT2D eigenvalue weighted by Gasteiger charge is 2.12. The van der Waals surface area contributed by atoms with E-state index in [1.165, 1.54) is 141 Å². The summed E-state index contributed by atoms with van der Waals surface area (Å²) in [5.41, 5.74) is 5.51. The first-order valence-corrected chi connectivity index (χ1v) is 25.4. The number of rotatable bonds is 48. The first kappa shape index (κ1) is 56.8. The molecule has 0 heterocycles. The molecule has 0 unspecified atom stereocenters. The van der Waals surface area contributed by atoms with Gasteiger partial charge in [-0.25, -0.2) is 0 Å². The predicted octanol–water partition coefficient (Wildman–Crippen LogP) is 13.2. The number of unbranched alkanes of at least 4 members (excludes halogenated alkanes) is 16. The summed E-state index contributed by atoms with van der Waals surface area (Å²) in [6, 6.07) is 0. The van der Waals surface area contributed by atoms with E-state index in [-0.39, 0.29) is 11.9 Å². The van der Waals surface area contributed by atoms with Crippen LogP contribution in [0.4, 0.5) is 0 Å². The molecule has 0 aromatic rings. The van der Waals surface area contributed by atoms with Crippen LogP contribution in [0.1, 0.15) is 233 Å². The van der Waals surface area contributed by atoms with Gasteiger partial charge in [0.1, 0.15) is 0 Å². The second-order valence-electron chi connectivity index (χ2n) is 17.3. The summed E-state index contributed by atoms with van der Waals surface area (Å²) in [6.07, 6.45) is 37.7. The highest BCUT2D eigenvalue weighted by molar-refractivity contribution is 5.69. The van der Waals surface area contributed by atoms with Crippen LogP contribution >= 0.6 is 0 Å².